The molecule has 19 heavy (non-hydrogen) atoms. The van der Waals surface area contributed by atoms with Crippen LogP contribution in [0.4, 0.5) is 0 Å². The fourth-order valence-corrected chi connectivity index (χ4v) is 1.58. The Labute approximate surface area is 116 Å². The molecule has 106 valence electrons. The molecule has 0 aliphatic heterocycles. The summed E-state index contributed by atoms with van der Waals surface area (Å²) in [5.74, 6) is 0.103. The van der Waals surface area contributed by atoms with Gasteiger partial charge in [-0.3, -0.25) is 4.79 Å². The molecule has 0 heterocycles. The average Bonchev–Trinajstić information content (AvgIpc) is 2.35. The molecule has 0 bridgehead atoms. The van der Waals surface area contributed by atoms with Gasteiger partial charge in [0.2, 0.25) is 5.91 Å². The van der Waals surface area contributed by atoms with Crippen molar-refractivity contribution in [2.75, 3.05) is 6.54 Å². The van der Waals surface area contributed by atoms with Gasteiger partial charge in [-0.1, -0.05) is 43.7 Å². The number of hydrogen-bond donors (Lipinski definition) is 2. The van der Waals surface area contributed by atoms with Gasteiger partial charge in [0.15, 0.2) is 0 Å². The number of aryl methyl sites for hydroxylation is 2. The van der Waals surface area contributed by atoms with Crippen molar-refractivity contribution in [3.8, 4) is 0 Å². The summed E-state index contributed by atoms with van der Waals surface area (Å²) in [6.45, 7) is 7.98. The van der Waals surface area contributed by atoms with Gasteiger partial charge in [0.25, 0.3) is 0 Å². The molecule has 1 aromatic rings. The van der Waals surface area contributed by atoms with Gasteiger partial charge in [-0.15, -0.1) is 0 Å². The van der Waals surface area contributed by atoms with E-state index in [-0.39, 0.29) is 11.8 Å². The summed E-state index contributed by atoms with van der Waals surface area (Å²) in [5.41, 5.74) is 1.54. The number of nitrogens with one attached hydrogen (secondary N) is 1. The van der Waals surface area contributed by atoms with E-state index in [1.54, 1.807) is 6.92 Å². The van der Waals surface area contributed by atoms with E-state index >= 15 is 0 Å². The van der Waals surface area contributed by atoms with Crippen molar-refractivity contribution in [1.82, 2.24) is 5.32 Å². The standard InChI is InChI=1S/C16H25NO2/c1-12(2)16(4,19)11-17-15(18)10-9-14-7-5-13(3)6-8-14/h5-8,12,19H,9-11H2,1-4H3,(H,17,18). The third-order valence-electron chi connectivity index (χ3n) is 3.65. The molecule has 1 rings (SSSR count). The van der Waals surface area contributed by atoms with Crippen LogP contribution in [0.1, 0.15) is 38.3 Å². The lowest BCUT2D eigenvalue weighted by molar-refractivity contribution is -0.122. The van der Waals surface area contributed by atoms with E-state index in [9.17, 15) is 9.90 Å². The Morgan fingerprint density at radius 1 is 1.32 bits per heavy atom. The summed E-state index contributed by atoms with van der Waals surface area (Å²) < 4.78 is 0. The molecular formula is C16H25NO2. The number of benzene rings is 1. The highest BCUT2D eigenvalue weighted by Crippen LogP contribution is 2.14. The molecule has 0 spiro atoms. The quantitative estimate of drug-likeness (QED) is 0.828. The number of carbonyl (C=O) groups is 1. The van der Waals surface area contributed by atoms with Gasteiger partial charge >= 0.3 is 0 Å². The Morgan fingerprint density at radius 2 is 1.89 bits per heavy atom. The van der Waals surface area contributed by atoms with E-state index in [0.29, 0.717) is 13.0 Å². The predicted molar refractivity (Wildman–Crippen MR) is 78.0 cm³/mol. The predicted octanol–water partition coefficient (Wildman–Crippen LogP) is 2.45. The topological polar surface area (TPSA) is 49.3 Å². The second kappa shape index (κ2) is 6.71. The van der Waals surface area contributed by atoms with Gasteiger partial charge in [-0.2, -0.15) is 0 Å². The Kier molecular flexibility index (Phi) is 5.55. The van der Waals surface area contributed by atoms with Crippen molar-refractivity contribution in [2.24, 2.45) is 5.92 Å². The summed E-state index contributed by atoms with van der Waals surface area (Å²) in [5, 5.41) is 12.8. The smallest absolute Gasteiger partial charge is 0.220 e. The molecule has 1 atom stereocenters. The minimum Gasteiger partial charge on any atom is -0.388 e. The minimum absolute atomic E-state index is 0.0125. The van der Waals surface area contributed by atoms with Crippen molar-refractivity contribution in [1.29, 1.82) is 0 Å². The molecule has 3 heteroatoms. The summed E-state index contributed by atoms with van der Waals surface area (Å²) in [7, 11) is 0. The third kappa shape index (κ3) is 5.43. The van der Waals surface area contributed by atoms with Crippen LogP contribution in [0, 0.1) is 12.8 Å². The molecule has 1 amide bonds. The average molecular weight is 263 g/mol. The zero-order valence-electron chi connectivity index (χ0n) is 12.4. The molecule has 0 radical (unpaired) electrons. The number of aliphatic hydroxyl groups is 1. The van der Waals surface area contributed by atoms with Gasteiger partial charge in [-0.05, 0) is 31.7 Å². The van der Waals surface area contributed by atoms with Crippen molar-refractivity contribution >= 4 is 5.91 Å². The van der Waals surface area contributed by atoms with E-state index in [2.05, 4.69) is 17.4 Å². The summed E-state index contributed by atoms with van der Waals surface area (Å²) in [6.07, 6.45) is 1.19. The molecule has 2 N–H and O–H groups in total. The van der Waals surface area contributed by atoms with E-state index < -0.39 is 5.60 Å². The molecular weight excluding hydrogens is 238 g/mol. The lowest BCUT2D eigenvalue weighted by Crippen LogP contribution is -2.44. The number of rotatable bonds is 6. The highest BCUT2D eigenvalue weighted by Gasteiger charge is 2.25. The third-order valence-corrected chi connectivity index (χ3v) is 3.65. The van der Waals surface area contributed by atoms with Gasteiger partial charge in [-0.25, -0.2) is 0 Å². The Morgan fingerprint density at radius 3 is 2.42 bits per heavy atom. The first kappa shape index (κ1) is 15.7. The van der Waals surface area contributed by atoms with Crippen LogP contribution in [0.25, 0.3) is 0 Å². The highest BCUT2D eigenvalue weighted by atomic mass is 16.3. The van der Waals surface area contributed by atoms with Gasteiger partial charge < -0.3 is 10.4 Å². The summed E-state index contributed by atoms with van der Waals surface area (Å²) >= 11 is 0. The molecule has 1 aromatic carbocycles. The van der Waals surface area contributed by atoms with E-state index in [4.69, 9.17) is 0 Å². The maximum absolute atomic E-state index is 11.7. The first-order valence-electron chi connectivity index (χ1n) is 6.86. The lowest BCUT2D eigenvalue weighted by Gasteiger charge is -2.27. The molecule has 1 unspecified atom stereocenters. The van der Waals surface area contributed by atoms with Crippen LogP contribution in [-0.2, 0) is 11.2 Å². The molecule has 0 fully saturated rings. The van der Waals surface area contributed by atoms with Gasteiger partial charge in [0, 0.05) is 13.0 Å². The van der Waals surface area contributed by atoms with Crippen LogP contribution in [0.5, 0.6) is 0 Å². The van der Waals surface area contributed by atoms with E-state index in [1.165, 1.54) is 5.56 Å². The van der Waals surface area contributed by atoms with Crippen LogP contribution in [0.15, 0.2) is 24.3 Å². The van der Waals surface area contributed by atoms with Crippen molar-refractivity contribution in [2.45, 2.75) is 46.1 Å². The van der Waals surface area contributed by atoms with Crippen molar-refractivity contribution in [3.63, 3.8) is 0 Å². The highest BCUT2D eigenvalue weighted by molar-refractivity contribution is 5.76. The molecule has 0 aliphatic carbocycles. The Balaban J connectivity index is 2.34. The number of hydrogen-bond acceptors (Lipinski definition) is 2. The maximum Gasteiger partial charge on any atom is 0.220 e. The minimum atomic E-state index is -0.848. The SMILES string of the molecule is Cc1ccc(CCC(=O)NCC(C)(O)C(C)C)cc1. The zero-order chi connectivity index (χ0) is 14.5. The molecule has 0 saturated carbocycles. The van der Waals surface area contributed by atoms with E-state index in [1.807, 2.05) is 32.9 Å². The normalized spacial score (nSPS) is 14.2. The first-order valence-corrected chi connectivity index (χ1v) is 6.86. The molecule has 3 nitrogen and oxygen atoms in total. The largest absolute Gasteiger partial charge is 0.388 e. The number of amides is 1. The van der Waals surface area contributed by atoms with Crippen molar-refractivity contribution < 1.29 is 9.90 Å². The second-order valence-corrected chi connectivity index (χ2v) is 5.77. The monoisotopic (exact) mass is 263 g/mol. The van der Waals surface area contributed by atoms with Gasteiger partial charge in [0.05, 0.1) is 5.60 Å². The van der Waals surface area contributed by atoms with Crippen LogP contribution in [0.2, 0.25) is 0 Å². The Hall–Kier alpha value is -1.35. The van der Waals surface area contributed by atoms with Crippen molar-refractivity contribution in [3.05, 3.63) is 35.4 Å². The first-order chi connectivity index (χ1) is 8.81. The summed E-state index contributed by atoms with van der Waals surface area (Å²) in [6, 6.07) is 8.20. The van der Waals surface area contributed by atoms with Crippen LogP contribution < -0.4 is 5.32 Å². The molecule has 0 aromatic heterocycles. The summed E-state index contributed by atoms with van der Waals surface area (Å²) in [4.78, 5) is 11.7. The number of carbonyl (C=O) groups excluding carboxylic acids is 1. The Bertz CT molecular complexity index is 407. The zero-order valence-corrected chi connectivity index (χ0v) is 12.4. The second-order valence-electron chi connectivity index (χ2n) is 5.77. The fraction of sp³-hybridized carbons (Fsp3) is 0.562. The lowest BCUT2D eigenvalue weighted by atomic mass is 9.92. The van der Waals surface area contributed by atoms with Gasteiger partial charge in [0.1, 0.15) is 0 Å². The maximum atomic E-state index is 11.7. The van der Waals surface area contributed by atoms with Crippen LogP contribution >= 0.6 is 0 Å². The fourth-order valence-electron chi connectivity index (χ4n) is 1.58. The van der Waals surface area contributed by atoms with Crippen LogP contribution in [0.3, 0.4) is 0 Å². The van der Waals surface area contributed by atoms with E-state index in [0.717, 1.165) is 12.0 Å². The molecule has 0 aliphatic rings. The van der Waals surface area contributed by atoms with Crippen LogP contribution in [-0.4, -0.2) is 23.2 Å². The molecule has 0 saturated heterocycles.